The Hall–Kier alpha value is -2.59. The molecule has 1 aromatic heterocycles. The molecule has 1 amide bonds. The lowest BCUT2D eigenvalue weighted by molar-refractivity contribution is 0.0957. The number of fused-ring (bicyclic) bond motifs is 1. The zero-order valence-corrected chi connectivity index (χ0v) is 11.8. The molecule has 0 bridgehead atoms. The fourth-order valence-electron chi connectivity index (χ4n) is 2.03. The number of benzene rings is 2. The molecule has 3 rings (SSSR count). The number of halogens is 1. The van der Waals surface area contributed by atoms with Crippen LogP contribution in [0.1, 0.15) is 15.9 Å². The highest BCUT2D eigenvalue weighted by molar-refractivity contribution is 6.30. The second kappa shape index (κ2) is 5.81. The van der Waals surface area contributed by atoms with Gasteiger partial charge in [0.1, 0.15) is 0 Å². The number of hydrogen-bond donors (Lipinski definition) is 2. The average molecular weight is 298 g/mol. The summed E-state index contributed by atoms with van der Waals surface area (Å²) in [4.78, 5) is 15.2. The van der Waals surface area contributed by atoms with Crippen molar-refractivity contribution in [2.75, 3.05) is 0 Å². The molecule has 104 valence electrons. The molecule has 0 saturated heterocycles. The van der Waals surface area contributed by atoms with Crippen LogP contribution in [-0.2, 0) is 0 Å². The number of aromatic nitrogens is 1. The van der Waals surface area contributed by atoms with Gasteiger partial charge in [-0.25, -0.2) is 5.43 Å². The fraction of sp³-hybridized carbons (Fsp3) is 0. The van der Waals surface area contributed by atoms with Crippen LogP contribution in [0.25, 0.3) is 10.9 Å². The molecule has 4 nitrogen and oxygen atoms in total. The number of carbonyl (C=O) groups excluding carboxylic acids is 1. The summed E-state index contributed by atoms with van der Waals surface area (Å²) < 4.78 is 0. The van der Waals surface area contributed by atoms with E-state index in [1.807, 2.05) is 36.4 Å². The Kier molecular flexibility index (Phi) is 3.71. The van der Waals surface area contributed by atoms with Crippen molar-refractivity contribution in [2.24, 2.45) is 5.10 Å². The topological polar surface area (TPSA) is 57.2 Å². The van der Waals surface area contributed by atoms with Crippen molar-refractivity contribution in [1.29, 1.82) is 0 Å². The van der Waals surface area contributed by atoms with E-state index in [-0.39, 0.29) is 5.91 Å². The highest BCUT2D eigenvalue weighted by Crippen LogP contribution is 2.17. The largest absolute Gasteiger partial charge is 0.360 e. The molecule has 21 heavy (non-hydrogen) atoms. The van der Waals surface area contributed by atoms with Crippen LogP contribution in [0.5, 0.6) is 0 Å². The molecule has 0 aliphatic heterocycles. The van der Waals surface area contributed by atoms with Crippen molar-refractivity contribution in [3.05, 3.63) is 70.9 Å². The van der Waals surface area contributed by atoms with Crippen LogP contribution in [0.2, 0.25) is 5.02 Å². The Morgan fingerprint density at radius 3 is 2.71 bits per heavy atom. The molecule has 5 heteroatoms. The zero-order valence-electron chi connectivity index (χ0n) is 11.0. The van der Waals surface area contributed by atoms with Gasteiger partial charge in [0.15, 0.2) is 0 Å². The summed E-state index contributed by atoms with van der Waals surface area (Å²) in [5.41, 5.74) is 4.87. The maximum atomic E-state index is 12.1. The molecule has 0 radical (unpaired) electrons. The van der Waals surface area contributed by atoms with E-state index < -0.39 is 0 Å². The molecule has 0 aliphatic rings. The van der Waals surface area contributed by atoms with Crippen LogP contribution in [0.4, 0.5) is 0 Å². The smallest absolute Gasteiger partial charge is 0.273 e. The third-order valence-electron chi connectivity index (χ3n) is 3.08. The van der Waals surface area contributed by atoms with Crippen LogP contribution < -0.4 is 5.43 Å². The number of nitrogens with zero attached hydrogens (tertiary/aromatic N) is 1. The van der Waals surface area contributed by atoms with Gasteiger partial charge in [0, 0.05) is 22.1 Å². The molecular formula is C16H12ClN3O. The number of carbonyl (C=O) groups is 1. The monoisotopic (exact) mass is 297 g/mol. The predicted octanol–water partition coefficient (Wildman–Crippen LogP) is 3.59. The molecule has 0 saturated carbocycles. The molecule has 2 aromatic carbocycles. The number of H-pyrrole nitrogens is 1. The van der Waals surface area contributed by atoms with Crippen molar-refractivity contribution < 1.29 is 4.79 Å². The van der Waals surface area contributed by atoms with Crippen LogP contribution in [-0.4, -0.2) is 17.1 Å². The Labute approximate surface area is 126 Å². The number of para-hydroxylation sites is 1. The van der Waals surface area contributed by atoms with Crippen molar-refractivity contribution in [3.8, 4) is 0 Å². The standard InChI is InChI=1S/C16H12ClN3O/c17-12-7-5-11(6-8-12)9-19-20-16(21)14-10-18-15-4-2-1-3-13(14)15/h1-10,18H,(H,20,21)/b19-9-. The summed E-state index contributed by atoms with van der Waals surface area (Å²) in [6.07, 6.45) is 3.25. The average Bonchev–Trinajstić information content (AvgIpc) is 2.93. The molecule has 0 fully saturated rings. The van der Waals surface area contributed by atoms with E-state index in [0.29, 0.717) is 10.6 Å². The van der Waals surface area contributed by atoms with Gasteiger partial charge in [0.2, 0.25) is 0 Å². The first kappa shape index (κ1) is 13.4. The molecule has 0 spiro atoms. The predicted molar refractivity (Wildman–Crippen MR) is 84.8 cm³/mol. The second-order valence-corrected chi connectivity index (χ2v) is 4.94. The minimum Gasteiger partial charge on any atom is -0.360 e. The Morgan fingerprint density at radius 2 is 1.90 bits per heavy atom. The van der Waals surface area contributed by atoms with Gasteiger partial charge in [-0.15, -0.1) is 0 Å². The van der Waals surface area contributed by atoms with Crippen LogP contribution in [0.15, 0.2) is 59.8 Å². The lowest BCUT2D eigenvalue weighted by Gasteiger charge is -1.98. The van der Waals surface area contributed by atoms with E-state index in [1.165, 1.54) is 0 Å². The molecule has 1 heterocycles. The summed E-state index contributed by atoms with van der Waals surface area (Å²) in [6.45, 7) is 0. The Morgan fingerprint density at radius 1 is 1.14 bits per heavy atom. The van der Waals surface area contributed by atoms with Gasteiger partial charge < -0.3 is 4.98 Å². The van der Waals surface area contributed by atoms with Crippen LogP contribution in [0, 0.1) is 0 Å². The molecule has 2 N–H and O–H groups in total. The van der Waals surface area contributed by atoms with Gasteiger partial charge in [-0.1, -0.05) is 41.9 Å². The number of nitrogens with one attached hydrogen (secondary N) is 2. The second-order valence-electron chi connectivity index (χ2n) is 4.50. The third kappa shape index (κ3) is 2.95. The van der Waals surface area contributed by atoms with Crippen LogP contribution in [0.3, 0.4) is 0 Å². The Bertz CT molecular complexity index is 806. The van der Waals surface area contributed by atoms with Gasteiger partial charge in [0.05, 0.1) is 11.8 Å². The molecule has 3 aromatic rings. The lowest BCUT2D eigenvalue weighted by atomic mass is 10.2. The minimum atomic E-state index is -0.252. The molecule has 0 unspecified atom stereocenters. The summed E-state index contributed by atoms with van der Waals surface area (Å²) >= 11 is 5.80. The van der Waals surface area contributed by atoms with Crippen LogP contribution >= 0.6 is 11.6 Å². The van der Waals surface area contributed by atoms with Crippen molar-refractivity contribution in [3.63, 3.8) is 0 Å². The first-order chi connectivity index (χ1) is 10.2. The first-order valence-electron chi connectivity index (χ1n) is 6.39. The number of aromatic amines is 1. The Balaban J connectivity index is 1.73. The van der Waals surface area contributed by atoms with Gasteiger partial charge in [0.25, 0.3) is 5.91 Å². The zero-order chi connectivity index (χ0) is 14.7. The lowest BCUT2D eigenvalue weighted by Crippen LogP contribution is -2.17. The number of hydrogen-bond acceptors (Lipinski definition) is 2. The maximum absolute atomic E-state index is 12.1. The van der Waals surface area contributed by atoms with Gasteiger partial charge >= 0.3 is 0 Å². The summed E-state index contributed by atoms with van der Waals surface area (Å²) in [6, 6.07) is 14.8. The van der Waals surface area contributed by atoms with Crippen molar-refractivity contribution >= 4 is 34.6 Å². The SMILES string of the molecule is O=C(N/N=C\c1ccc(Cl)cc1)c1c[nH]c2ccccc12. The summed E-state index contributed by atoms with van der Waals surface area (Å²) in [5.74, 6) is -0.252. The quantitative estimate of drug-likeness (QED) is 0.563. The highest BCUT2D eigenvalue weighted by atomic mass is 35.5. The maximum Gasteiger partial charge on any atom is 0.273 e. The van der Waals surface area contributed by atoms with Crippen molar-refractivity contribution in [1.82, 2.24) is 10.4 Å². The van der Waals surface area contributed by atoms with E-state index in [2.05, 4.69) is 15.5 Å². The third-order valence-corrected chi connectivity index (χ3v) is 3.34. The highest BCUT2D eigenvalue weighted by Gasteiger charge is 2.10. The fourth-order valence-corrected chi connectivity index (χ4v) is 2.16. The molecular weight excluding hydrogens is 286 g/mol. The van der Waals surface area contributed by atoms with E-state index >= 15 is 0 Å². The van der Waals surface area contributed by atoms with Gasteiger partial charge in [-0.2, -0.15) is 5.10 Å². The number of hydrazone groups is 1. The van der Waals surface area contributed by atoms with E-state index in [1.54, 1.807) is 24.5 Å². The summed E-state index contributed by atoms with van der Waals surface area (Å²) in [7, 11) is 0. The number of amides is 1. The summed E-state index contributed by atoms with van der Waals surface area (Å²) in [5, 5.41) is 5.49. The van der Waals surface area contributed by atoms with E-state index in [9.17, 15) is 4.79 Å². The number of rotatable bonds is 3. The van der Waals surface area contributed by atoms with E-state index in [0.717, 1.165) is 16.5 Å². The van der Waals surface area contributed by atoms with Crippen molar-refractivity contribution in [2.45, 2.75) is 0 Å². The molecule has 0 atom stereocenters. The van der Waals surface area contributed by atoms with Gasteiger partial charge in [-0.3, -0.25) is 4.79 Å². The first-order valence-corrected chi connectivity index (χ1v) is 6.77. The minimum absolute atomic E-state index is 0.252. The normalized spacial score (nSPS) is 11.1. The van der Waals surface area contributed by atoms with E-state index in [4.69, 9.17) is 11.6 Å². The van der Waals surface area contributed by atoms with Gasteiger partial charge in [-0.05, 0) is 23.8 Å². The molecule has 0 aliphatic carbocycles.